The van der Waals surface area contributed by atoms with Crippen LogP contribution in [0.25, 0.3) is 0 Å². The first kappa shape index (κ1) is 33.7. The molecule has 4 aromatic carbocycles. The van der Waals surface area contributed by atoms with Gasteiger partial charge in [0.05, 0.1) is 17.7 Å². The molecule has 1 fully saturated rings. The molecule has 1 atom stereocenters. The van der Waals surface area contributed by atoms with Crippen LogP contribution in [-0.2, 0) is 32.6 Å². The Morgan fingerprint density at radius 1 is 0.830 bits per heavy atom. The fraction of sp³-hybridized carbons (Fsp3) is 0.316. The molecule has 0 bridgehead atoms. The number of nitrogens with one attached hydrogen (secondary N) is 1. The van der Waals surface area contributed by atoms with Gasteiger partial charge in [-0.05, 0) is 79.8 Å². The summed E-state index contributed by atoms with van der Waals surface area (Å²) in [6, 6.07) is 29.8. The van der Waals surface area contributed by atoms with Gasteiger partial charge in [0.1, 0.15) is 18.3 Å². The quantitative estimate of drug-likeness (QED) is 0.185. The lowest BCUT2D eigenvalue weighted by Crippen LogP contribution is -2.54. The third kappa shape index (κ3) is 8.60. The van der Waals surface area contributed by atoms with Crippen LogP contribution < -0.4 is 14.4 Å². The first-order valence-electron chi connectivity index (χ1n) is 16.1. The van der Waals surface area contributed by atoms with Gasteiger partial charge in [-0.15, -0.1) is 0 Å². The highest BCUT2D eigenvalue weighted by Gasteiger charge is 2.35. The lowest BCUT2D eigenvalue weighted by molar-refractivity contribution is -0.140. The molecule has 9 heteroatoms. The van der Waals surface area contributed by atoms with Crippen molar-refractivity contribution in [1.82, 2.24) is 10.2 Å². The summed E-state index contributed by atoms with van der Waals surface area (Å²) in [5, 5.41) is 3.21. The van der Waals surface area contributed by atoms with Crippen LogP contribution in [0.4, 0.5) is 5.69 Å². The molecule has 1 saturated carbocycles. The number of amides is 2. The molecule has 0 aromatic heterocycles. The van der Waals surface area contributed by atoms with E-state index < -0.39 is 28.5 Å². The van der Waals surface area contributed by atoms with Crippen LogP contribution >= 0.6 is 0 Å². The molecule has 2 amide bonds. The molecular weight excluding hydrogens is 611 g/mol. The van der Waals surface area contributed by atoms with E-state index in [1.165, 1.54) is 4.90 Å². The van der Waals surface area contributed by atoms with E-state index in [9.17, 15) is 18.0 Å². The van der Waals surface area contributed by atoms with Crippen LogP contribution in [0.3, 0.4) is 0 Å². The highest BCUT2D eigenvalue weighted by molar-refractivity contribution is 7.92. The van der Waals surface area contributed by atoms with E-state index in [4.69, 9.17) is 4.74 Å². The maximum Gasteiger partial charge on any atom is 0.264 e. The minimum Gasteiger partial charge on any atom is -0.497 e. The molecule has 0 aliphatic heterocycles. The van der Waals surface area contributed by atoms with E-state index >= 15 is 0 Å². The zero-order valence-corrected chi connectivity index (χ0v) is 28.1. The van der Waals surface area contributed by atoms with Gasteiger partial charge in [0, 0.05) is 19.0 Å². The molecule has 47 heavy (non-hydrogen) atoms. The number of aryl methyl sites for hydroxylation is 2. The Bertz CT molecular complexity index is 1770. The minimum atomic E-state index is -4.16. The Morgan fingerprint density at radius 3 is 2.19 bits per heavy atom. The van der Waals surface area contributed by atoms with Crippen molar-refractivity contribution >= 4 is 27.5 Å². The van der Waals surface area contributed by atoms with Gasteiger partial charge in [0.15, 0.2) is 0 Å². The molecule has 0 saturated heterocycles. The standard InChI is InChI=1S/C38H43N3O5S/c1-28-19-21-35(22-20-28)47(44,45)41(33-17-9-11-29(2)23-33)27-37(42)40(26-31-14-10-18-34(24-31)46-3)36(25-30-12-5-4-6-13-30)38(43)39-32-15-7-8-16-32/h4-6,9-14,17-24,32,36H,7-8,15-16,25-27H2,1-3H3,(H,39,43)/t36-/m0/s1. The van der Waals surface area contributed by atoms with Gasteiger partial charge in [-0.1, -0.05) is 85.1 Å². The number of rotatable bonds is 13. The lowest BCUT2D eigenvalue weighted by atomic mass is 10.0. The van der Waals surface area contributed by atoms with E-state index in [2.05, 4.69) is 5.32 Å². The van der Waals surface area contributed by atoms with Crippen LogP contribution in [0, 0.1) is 13.8 Å². The summed E-state index contributed by atoms with van der Waals surface area (Å²) in [5.74, 6) is -0.124. The van der Waals surface area contributed by atoms with Crippen molar-refractivity contribution in [3.8, 4) is 5.75 Å². The topological polar surface area (TPSA) is 96.0 Å². The van der Waals surface area contributed by atoms with Gasteiger partial charge < -0.3 is 15.0 Å². The Labute approximate surface area is 278 Å². The lowest BCUT2D eigenvalue weighted by Gasteiger charge is -2.34. The normalized spacial score (nSPS) is 13.9. The summed E-state index contributed by atoms with van der Waals surface area (Å²) in [6.45, 7) is 3.35. The minimum absolute atomic E-state index is 0.0419. The third-order valence-corrected chi connectivity index (χ3v) is 10.4. The van der Waals surface area contributed by atoms with E-state index in [0.717, 1.165) is 52.2 Å². The molecule has 0 heterocycles. The predicted octanol–water partition coefficient (Wildman–Crippen LogP) is 6.21. The fourth-order valence-electron chi connectivity index (χ4n) is 6.04. The summed E-state index contributed by atoms with van der Waals surface area (Å²) >= 11 is 0. The van der Waals surface area contributed by atoms with Gasteiger partial charge in [0.2, 0.25) is 11.8 Å². The molecule has 8 nitrogen and oxygen atoms in total. The molecule has 0 unspecified atom stereocenters. The average molecular weight is 654 g/mol. The molecule has 4 aromatic rings. The van der Waals surface area contributed by atoms with Crippen molar-refractivity contribution in [2.24, 2.45) is 0 Å². The number of anilines is 1. The number of nitrogens with zero attached hydrogens (tertiary/aromatic N) is 2. The van der Waals surface area contributed by atoms with Crippen molar-refractivity contribution in [3.63, 3.8) is 0 Å². The summed E-state index contributed by atoms with van der Waals surface area (Å²) in [4.78, 5) is 30.4. The molecule has 0 radical (unpaired) electrons. The van der Waals surface area contributed by atoms with Crippen molar-refractivity contribution in [2.75, 3.05) is 18.0 Å². The molecule has 1 aliphatic carbocycles. The third-order valence-electron chi connectivity index (χ3n) is 8.64. The van der Waals surface area contributed by atoms with E-state index in [1.54, 1.807) is 49.6 Å². The highest BCUT2D eigenvalue weighted by atomic mass is 32.2. The van der Waals surface area contributed by atoms with Gasteiger partial charge in [-0.2, -0.15) is 0 Å². The number of sulfonamides is 1. The van der Waals surface area contributed by atoms with E-state index in [1.807, 2.05) is 74.5 Å². The highest BCUT2D eigenvalue weighted by Crippen LogP contribution is 2.27. The molecular formula is C38H43N3O5S. The zero-order valence-electron chi connectivity index (χ0n) is 27.3. The van der Waals surface area contributed by atoms with Crippen LogP contribution in [0.5, 0.6) is 5.75 Å². The fourth-order valence-corrected chi connectivity index (χ4v) is 7.44. The maximum absolute atomic E-state index is 14.7. The second-order valence-electron chi connectivity index (χ2n) is 12.2. The van der Waals surface area contributed by atoms with Crippen molar-refractivity contribution in [3.05, 3.63) is 125 Å². The Hall–Kier alpha value is -4.63. The summed E-state index contributed by atoms with van der Waals surface area (Å²) in [6.07, 6.45) is 4.14. The van der Waals surface area contributed by atoms with Crippen LogP contribution in [-0.4, -0.2) is 50.9 Å². The predicted molar refractivity (Wildman–Crippen MR) is 185 cm³/mol. The van der Waals surface area contributed by atoms with Gasteiger partial charge in [0.25, 0.3) is 10.0 Å². The monoisotopic (exact) mass is 653 g/mol. The van der Waals surface area contributed by atoms with E-state index in [-0.39, 0.29) is 29.8 Å². The number of benzene rings is 4. The summed E-state index contributed by atoms with van der Waals surface area (Å²) < 4.78 is 35.1. The Morgan fingerprint density at radius 2 is 1.51 bits per heavy atom. The second-order valence-corrected chi connectivity index (χ2v) is 14.1. The van der Waals surface area contributed by atoms with Crippen LogP contribution in [0.15, 0.2) is 108 Å². The largest absolute Gasteiger partial charge is 0.497 e. The van der Waals surface area contributed by atoms with Crippen LogP contribution in [0.1, 0.15) is 47.9 Å². The van der Waals surface area contributed by atoms with Crippen molar-refractivity contribution < 1.29 is 22.7 Å². The average Bonchev–Trinajstić information content (AvgIpc) is 3.59. The first-order valence-corrected chi connectivity index (χ1v) is 17.5. The van der Waals surface area contributed by atoms with Crippen molar-refractivity contribution in [2.45, 2.75) is 69.5 Å². The number of hydrogen-bond donors (Lipinski definition) is 1. The zero-order chi connectivity index (χ0) is 33.4. The van der Waals surface area contributed by atoms with Gasteiger partial charge >= 0.3 is 0 Å². The SMILES string of the molecule is COc1cccc(CN(C(=O)CN(c2cccc(C)c2)S(=O)(=O)c2ccc(C)cc2)[C@@H](Cc2ccccc2)C(=O)NC2CCCC2)c1. The first-order chi connectivity index (χ1) is 22.6. The Kier molecular flexibility index (Phi) is 11.0. The molecule has 1 N–H and O–H groups in total. The number of methoxy groups -OCH3 is 1. The smallest absolute Gasteiger partial charge is 0.264 e. The molecule has 1 aliphatic rings. The van der Waals surface area contributed by atoms with Crippen LogP contribution in [0.2, 0.25) is 0 Å². The second kappa shape index (κ2) is 15.3. The Balaban J connectivity index is 1.57. The molecule has 0 spiro atoms. The van der Waals surface area contributed by atoms with Gasteiger partial charge in [-0.25, -0.2) is 8.42 Å². The number of carbonyl (C=O) groups is 2. The number of ether oxygens (including phenoxy) is 1. The molecule has 5 rings (SSSR count). The number of carbonyl (C=O) groups excluding carboxylic acids is 2. The number of hydrogen-bond acceptors (Lipinski definition) is 5. The van der Waals surface area contributed by atoms with E-state index in [0.29, 0.717) is 11.4 Å². The van der Waals surface area contributed by atoms with Crippen molar-refractivity contribution in [1.29, 1.82) is 0 Å². The maximum atomic E-state index is 14.7. The van der Waals surface area contributed by atoms with Gasteiger partial charge in [-0.3, -0.25) is 13.9 Å². The molecule has 246 valence electrons. The summed E-state index contributed by atoms with van der Waals surface area (Å²) in [7, 11) is -2.58. The summed E-state index contributed by atoms with van der Waals surface area (Å²) in [5.41, 5.74) is 3.79.